The predicted molar refractivity (Wildman–Crippen MR) is 93.2 cm³/mol. The maximum Gasteiger partial charge on any atom is 0.0561 e. The molecule has 114 valence electrons. The molecule has 0 aliphatic carbocycles. The van der Waals surface area contributed by atoms with Crippen LogP contribution in [-0.2, 0) is 0 Å². The Morgan fingerprint density at radius 2 is 2.05 bits per heavy atom. The molecule has 2 aromatic rings. The number of hydrogen-bond acceptors (Lipinski definition) is 3. The molecular weight excluding hydrogens is 300 g/mol. The summed E-state index contributed by atoms with van der Waals surface area (Å²) in [5, 5.41) is 6.63. The number of hydrogen-bond donors (Lipinski definition) is 1. The van der Waals surface area contributed by atoms with E-state index in [1.54, 1.807) is 0 Å². The lowest BCUT2D eigenvalue weighted by Crippen LogP contribution is -2.32. The Labute approximate surface area is 136 Å². The van der Waals surface area contributed by atoms with Gasteiger partial charge in [0, 0.05) is 22.5 Å². The topological polar surface area (TPSA) is 15.3 Å². The lowest BCUT2D eigenvalue weighted by Gasteiger charge is -2.27. The van der Waals surface area contributed by atoms with Crippen molar-refractivity contribution in [1.82, 2.24) is 10.2 Å². The van der Waals surface area contributed by atoms with Gasteiger partial charge in [-0.3, -0.25) is 0 Å². The van der Waals surface area contributed by atoms with Gasteiger partial charge in [0.2, 0.25) is 0 Å². The van der Waals surface area contributed by atoms with Crippen LogP contribution in [0.5, 0.6) is 0 Å². The van der Waals surface area contributed by atoms with Gasteiger partial charge in [0.05, 0.1) is 6.04 Å². The second-order valence-corrected chi connectivity index (χ2v) is 6.83. The first-order valence-electron chi connectivity index (χ1n) is 7.30. The molecule has 0 aliphatic rings. The van der Waals surface area contributed by atoms with Crippen molar-refractivity contribution in [2.45, 2.75) is 25.4 Å². The molecule has 0 radical (unpaired) electrons. The number of benzene rings is 1. The van der Waals surface area contributed by atoms with E-state index >= 15 is 0 Å². The van der Waals surface area contributed by atoms with Crippen molar-refractivity contribution >= 4 is 22.9 Å². The third-order valence-corrected chi connectivity index (χ3v) is 4.92. The van der Waals surface area contributed by atoms with E-state index in [9.17, 15) is 0 Å². The predicted octanol–water partition coefficient (Wildman–Crippen LogP) is 4.75. The summed E-state index contributed by atoms with van der Waals surface area (Å²) >= 11 is 7.92. The highest BCUT2D eigenvalue weighted by atomic mass is 35.5. The van der Waals surface area contributed by atoms with Crippen molar-refractivity contribution in [3.05, 3.63) is 57.2 Å². The molecule has 0 amide bonds. The van der Waals surface area contributed by atoms with Gasteiger partial charge in [-0.25, -0.2) is 0 Å². The molecule has 0 bridgehead atoms. The Morgan fingerprint density at radius 3 is 2.62 bits per heavy atom. The van der Waals surface area contributed by atoms with Gasteiger partial charge in [-0.1, -0.05) is 36.7 Å². The highest BCUT2D eigenvalue weighted by molar-refractivity contribution is 7.10. The van der Waals surface area contributed by atoms with Crippen LogP contribution in [0.4, 0.5) is 0 Å². The van der Waals surface area contributed by atoms with Crippen LogP contribution in [0.15, 0.2) is 41.8 Å². The Bertz CT molecular complexity index is 539. The molecule has 2 atom stereocenters. The van der Waals surface area contributed by atoms with Gasteiger partial charge >= 0.3 is 0 Å². The van der Waals surface area contributed by atoms with Crippen molar-refractivity contribution < 1.29 is 0 Å². The first-order chi connectivity index (χ1) is 10.1. The molecule has 0 saturated heterocycles. The molecular formula is C17H23ClN2S. The van der Waals surface area contributed by atoms with E-state index in [0.29, 0.717) is 12.1 Å². The maximum absolute atomic E-state index is 6.11. The molecule has 1 heterocycles. The summed E-state index contributed by atoms with van der Waals surface area (Å²) in [6.45, 7) is 3.13. The summed E-state index contributed by atoms with van der Waals surface area (Å²) in [4.78, 5) is 3.66. The minimum Gasteiger partial charge on any atom is -0.308 e. The van der Waals surface area contributed by atoms with Gasteiger partial charge in [-0.05, 0) is 49.7 Å². The second kappa shape index (κ2) is 7.95. The number of nitrogens with one attached hydrogen (secondary N) is 1. The summed E-state index contributed by atoms with van der Waals surface area (Å²) in [6.07, 6.45) is 1.05. The SMILES string of the molecule is CCC(NCC(c1cccs1)N(C)C)c1cccc(Cl)c1. The highest BCUT2D eigenvalue weighted by Crippen LogP contribution is 2.25. The maximum atomic E-state index is 6.11. The van der Waals surface area contributed by atoms with Gasteiger partial charge in [-0.15, -0.1) is 11.3 Å². The molecule has 0 saturated carbocycles. The largest absolute Gasteiger partial charge is 0.308 e. The minimum atomic E-state index is 0.339. The Balaban J connectivity index is 2.05. The number of rotatable bonds is 7. The summed E-state index contributed by atoms with van der Waals surface area (Å²) in [6, 6.07) is 13.2. The number of halogens is 1. The van der Waals surface area contributed by atoms with E-state index in [1.807, 2.05) is 23.5 Å². The second-order valence-electron chi connectivity index (χ2n) is 5.42. The van der Waals surface area contributed by atoms with E-state index in [2.05, 4.69) is 60.9 Å². The van der Waals surface area contributed by atoms with Crippen LogP contribution in [0.1, 0.15) is 35.9 Å². The van der Waals surface area contributed by atoms with Crippen molar-refractivity contribution in [2.24, 2.45) is 0 Å². The highest BCUT2D eigenvalue weighted by Gasteiger charge is 2.17. The summed E-state index contributed by atoms with van der Waals surface area (Å²) < 4.78 is 0. The quantitative estimate of drug-likeness (QED) is 0.791. The molecule has 21 heavy (non-hydrogen) atoms. The average Bonchev–Trinajstić information content (AvgIpc) is 2.97. The van der Waals surface area contributed by atoms with Crippen molar-refractivity contribution in [2.75, 3.05) is 20.6 Å². The van der Waals surface area contributed by atoms with Crippen LogP contribution in [0, 0.1) is 0 Å². The Kier molecular flexibility index (Phi) is 6.24. The lowest BCUT2D eigenvalue weighted by atomic mass is 10.0. The van der Waals surface area contributed by atoms with Crippen molar-refractivity contribution in [1.29, 1.82) is 0 Å². The molecule has 1 aromatic carbocycles. The van der Waals surface area contributed by atoms with Crippen LogP contribution in [0.2, 0.25) is 5.02 Å². The number of thiophene rings is 1. The normalized spacial score (nSPS) is 14.3. The van der Waals surface area contributed by atoms with Crippen LogP contribution < -0.4 is 5.32 Å². The molecule has 0 aliphatic heterocycles. The monoisotopic (exact) mass is 322 g/mol. The first kappa shape index (κ1) is 16.5. The van der Waals surface area contributed by atoms with E-state index in [-0.39, 0.29) is 0 Å². The van der Waals surface area contributed by atoms with Crippen molar-refractivity contribution in [3.63, 3.8) is 0 Å². The smallest absolute Gasteiger partial charge is 0.0561 e. The van der Waals surface area contributed by atoms with Gasteiger partial charge in [0.25, 0.3) is 0 Å². The molecule has 2 rings (SSSR count). The van der Waals surface area contributed by atoms with Gasteiger partial charge in [0.15, 0.2) is 0 Å². The molecule has 0 spiro atoms. The van der Waals surface area contributed by atoms with Crippen LogP contribution in [0.25, 0.3) is 0 Å². The van der Waals surface area contributed by atoms with E-state index < -0.39 is 0 Å². The van der Waals surface area contributed by atoms with Gasteiger partial charge < -0.3 is 10.2 Å². The molecule has 2 unspecified atom stereocenters. The number of likely N-dealkylation sites (N-methyl/N-ethyl adjacent to an activating group) is 1. The molecule has 4 heteroatoms. The zero-order chi connectivity index (χ0) is 15.2. The minimum absolute atomic E-state index is 0.339. The fraction of sp³-hybridized carbons (Fsp3) is 0.412. The van der Waals surface area contributed by atoms with E-state index in [4.69, 9.17) is 11.6 Å². The standard InChI is InChI=1S/C17H23ClN2S/c1-4-15(13-7-5-8-14(18)11-13)19-12-16(20(2)3)17-9-6-10-21-17/h5-11,15-16,19H,4,12H2,1-3H3. The average molecular weight is 323 g/mol. The molecule has 1 aromatic heterocycles. The lowest BCUT2D eigenvalue weighted by molar-refractivity contribution is 0.282. The summed E-state index contributed by atoms with van der Waals surface area (Å²) in [5.74, 6) is 0. The first-order valence-corrected chi connectivity index (χ1v) is 8.56. The number of nitrogens with zero attached hydrogens (tertiary/aromatic N) is 1. The van der Waals surface area contributed by atoms with E-state index in [0.717, 1.165) is 18.0 Å². The fourth-order valence-electron chi connectivity index (χ4n) is 2.49. The zero-order valence-electron chi connectivity index (χ0n) is 12.8. The van der Waals surface area contributed by atoms with Crippen LogP contribution >= 0.6 is 22.9 Å². The van der Waals surface area contributed by atoms with Crippen LogP contribution in [0.3, 0.4) is 0 Å². The molecule has 1 N–H and O–H groups in total. The zero-order valence-corrected chi connectivity index (χ0v) is 14.4. The molecule has 0 fully saturated rings. The summed E-state index contributed by atoms with van der Waals surface area (Å²) in [5.41, 5.74) is 1.26. The Hall–Kier alpha value is -0.870. The fourth-order valence-corrected chi connectivity index (χ4v) is 3.62. The third-order valence-electron chi connectivity index (χ3n) is 3.71. The summed E-state index contributed by atoms with van der Waals surface area (Å²) in [7, 11) is 4.26. The van der Waals surface area contributed by atoms with Gasteiger partial charge in [-0.2, -0.15) is 0 Å². The van der Waals surface area contributed by atoms with Gasteiger partial charge in [0.1, 0.15) is 0 Å². The van der Waals surface area contributed by atoms with Crippen molar-refractivity contribution in [3.8, 4) is 0 Å². The van der Waals surface area contributed by atoms with Crippen LogP contribution in [-0.4, -0.2) is 25.5 Å². The molecule has 2 nitrogen and oxygen atoms in total. The third kappa shape index (κ3) is 4.55. The Morgan fingerprint density at radius 1 is 1.24 bits per heavy atom. The van der Waals surface area contributed by atoms with E-state index in [1.165, 1.54) is 10.4 Å².